The third kappa shape index (κ3) is 2.87. The Morgan fingerprint density at radius 1 is 1.41 bits per heavy atom. The van der Waals surface area contributed by atoms with Crippen molar-refractivity contribution in [2.75, 3.05) is 23.7 Å². The fraction of sp³-hybridized carbons (Fsp3) is 0.692. The standard InChI is InChI=1S/C13H22N4/c1-3-10-6-5-7-17(9-10)13-8-11(14)15-12(4-2)16-13/h8,10H,3-7,9H2,1-2H3,(H2,14,15,16). The normalized spacial score (nSPS) is 20.6. The molecule has 4 heteroatoms. The SMILES string of the molecule is CCc1nc(N)cc(N2CCCC(CC)C2)n1. The van der Waals surface area contributed by atoms with Crippen LogP contribution >= 0.6 is 0 Å². The van der Waals surface area contributed by atoms with Crippen molar-refractivity contribution in [1.82, 2.24) is 9.97 Å². The largest absolute Gasteiger partial charge is 0.384 e. The summed E-state index contributed by atoms with van der Waals surface area (Å²) in [5.41, 5.74) is 5.83. The molecule has 2 heterocycles. The summed E-state index contributed by atoms with van der Waals surface area (Å²) < 4.78 is 0. The van der Waals surface area contributed by atoms with Crippen LogP contribution in [-0.2, 0) is 6.42 Å². The molecule has 94 valence electrons. The van der Waals surface area contributed by atoms with Gasteiger partial charge in [-0.15, -0.1) is 0 Å². The number of nitrogens with zero attached hydrogens (tertiary/aromatic N) is 3. The molecular formula is C13H22N4. The van der Waals surface area contributed by atoms with Crippen molar-refractivity contribution in [2.24, 2.45) is 5.92 Å². The Morgan fingerprint density at radius 3 is 2.94 bits per heavy atom. The summed E-state index contributed by atoms with van der Waals surface area (Å²) in [6.45, 7) is 6.52. The van der Waals surface area contributed by atoms with Gasteiger partial charge in [-0.2, -0.15) is 0 Å². The Bertz CT molecular complexity index is 378. The maximum absolute atomic E-state index is 5.83. The summed E-state index contributed by atoms with van der Waals surface area (Å²) in [7, 11) is 0. The van der Waals surface area contributed by atoms with Gasteiger partial charge >= 0.3 is 0 Å². The molecule has 0 aromatic carbocycles. The van der Waals surface area contributed by atoms with E-state index in [1.807, 2.05) is 6.07 Å². The predicted octanol–water partition coefficient (Wildman–Crippen LogP) is 2.25. The minimum Gasteiger partial charge on any atom is -0.384 e. The first-order chi connectivity index (χ1) is 8.22. The first-order valence-electron chi connectivity index (χ1n) is 6.61. The molecule has 2 rings (SSSR count). The van der Waals surface area contributed by atoms with E-state index >= 15 is 0 Å². The molecule has 1 aromatic rings. The molecule has 1 fully saturated rings. The van der Waals surface area contributed by atoms with Gasteiger partial charge in [0, 0.05) is 25.6 Å². The van der Waals surface area contributed by atoms with Gasteiger partial charge in [0.25, 0.3) is 0 Å². The Kier molecular flexibility index (Phi) is 3.82. The number of aryl methyl sites for hydroxylation is 1. The van der Waals surface area contributed by atoms with Gasteiger partial charge < -0.3 is 10.6 Å². The second-order valence-corrected chi connectivity index (χ2v) is 4.78. The van der Waals surface area contributed by atoms with Crippen molar-refractivity contribution in [1.29, 1.82) is 0 Å². The Morgan fingerprint density at radius 2 is 2.24 bits per heavy atom. The monoisotopic (exact) mass is 234 g/mol. The maximum atomic E-state index is 5.83. The van der Waals surface area contributed by atoms with Gasteiger partial charge in [-0.25, -0.2) is 9.97 Å². The van der Waals surface area contributed by atoms with E-state index in [2.05, 4.69) is 28.7 Å². The summed E-state index contributed by atoms with van der Waals surface area (Å²) in [5.74, 6) is 3.24. The topological polar surface area (TPSA) is 55.0 Å². The van der Waals surface area contributed by atoms with E-state index in [-0.39, 0.29) is 0 Å². The van der Waals surface area contributed by atoms with Gasteiger partial charge in [0.05, 0.1) is 0 Å². The highest BCUT2D eigenvalue weighted by molar-refractivity contribution is 5.47. The highest BCUT2D eigenvalue weighted by Crippen LogP contribution is 2.24. The van der Waals surface area contributed by atoms with E-state index in [0.717, 1.165) is 37.1 Å². The third-order valence-electron chi connectivity index (χ3n) is 3.52. The van der Waals surface area contributed by atoms with Gasteiger partial charge in [-0.3, -0.25) is 0 Å². The molecule has 1 atom stereocenters. The van der Waals surface area contributed by atoms with E-state index in [4.69, 9.17) is 5.73 Å². The molecule has 1 saturated heterocycles. The van der Waals surface area contributed by atoms with Crippen molar-refractivity contribution in [3.8, 4) is 0 Å². The molecule has 0 spiro atoms. The Labute approximate surface area is 103 Å². The average molecular weight is 234 g/mol. The van der Waals surface area contributed by atoms with Crippen LogP contribution in [0.4, 0.5) is 11.6 Å². The summed E-state index contributed by atoms with van der Waals surface area (Å²) in [4.78, 5) is 11.2. The van der Waals surface area contributed by atoms with Crippen molar-refractivity contribution in [3.63, 3.8) is 0 Å². The van der Waals surface area contributed by atoms with Crippen LogP contribution < -0.4 is 10.6 Å². The van der Waals surface area contributed by atoms with E-state index < -0.39 is 0 Å². The third-order valence-corrected chi connectivity index (χ3v) is 3.52. The van der Waals surface area contributed by atoms with Gasteiger partial charge in [-0.1, -0.05) is 20.3 Å². The van der Waals surface area contributed by atoms with E-state index in [1.54, 1.807) is 0 Å². The number of anilines is 2. The predicted molar refractivity (Wildman–Crippen MR) is 71.1 cm³/mol. The van der Waals surface area contributed by atoms with Crippen molar-refractivity contribution < 1.29 is 0 Å². The lowest BCUT2D eigenvalue weighted by Crippen LogP contribution is -2.36. The van der Waals surface area contributed by atoms with Crippen LogP contribution in [0.25, 0.3) is 0 Å². The number of piperidine rings is 1. The van der Waals surface area contributed by atoms with Crippen LogP contribution in [0.1, 0.15) is 38.9 Å². The first-order valence-corrected chi connectivity index (χ1v) is 6.61. The fourth-order valence-corrected chi connectivity index (χ4v) is 2.43. The summed E-state index contributed by atoms with van der Waals surface area (Å²) in [5, 5.41) is 0. The molecule has 2 N–H and O–H groups in total. The van der Waals surface area contributed by atoms with Crippen molar-refractivity contribution >= 4 is 11.6 Å². The lowest BCUT2D eigenvalue weighted by Gasteiger charge is -2.33. The number of aromatic nitrogens is 2. The first kappa shape index (κ1) is 12.1. The van der Waals surface area contributed by atoms with Gasteiger partial charge in [0.1, 0.15) is 17.5 Å². The van der Waals surface area contributed by atoms with E-state index in [1.165, 1.54) is 19.3 Å². The molecular weight excluding hydrogens is 212 g/mol. The van der Waals surface area contributed by atoms with Crippen molar-refractivity contribution in [3.05, 3.63) is 11.9 Å². The molecule has 0 aliphatic carbocycles. The van der Waals surface area contributed by atoms with Crippen LogP contribution in [0.2, 0.25) is 0 Å². The van der Waals surface area contributed by atoms with Gasteiger partial charge in [-0.05, 0) is 18.8 Å². The molecule has 4 nitrogen and oxygen atoms in total. The molecule has 1 aliphatic heterocycles. The second-order valence-electron chi connectivity index (χ2n) is 4.78. The fourth-order valence-electron chi connectivity index (χ4n) is 2.43. The van der Waals surface area contributed by atoms with Crippen LogP contribution in [0, 0.1) is 5.92 Å². The van der Waals surface area contributed by atoms with Crippen LogP contribution in [-0.4, -0.2) is 23.1 Å². The molecule has 1 aliphatic rings. The molecule has 1 unspecified atom stereocenters. The quantitative estimate of drug-likeness (QED) is 0.871. The molecule has 0 bridgehead atoms. The highest BCUT2D eigenvalue weighted by Gasteiger charge is 2.20. The number of nitrogen functional groups attached to an aromatic ring is 1. The Balaban J connectivity index is 2.18. The zero-order chi connectivity index (χ0) is 12.3. The molecule has 0 saturated carbocycles. The molecule has 0 amide bonds. The molecule has 17 heavy (non-hydrogen) atoms. The smallest absolute Gasteiger partial charge is 0.134 e. The minimum atomic E-state index is 0.588. The van der Waals surface area contributed by atoms with Gasteiger partial charge in [0.15, 0.2) is 0 Å². The zero-order valence-corrected chi connectivity index (χ0v) is 10.8. The van der Waals surface area contributed by atoms with Crippen LogP contribution in [0.3, 0.4) is 0 Å². The molecule has 1 aromatic heterocycles. The van der Waals surface area contributed by atoms with Gasteiger partial charge in [0.2, 0.25) is 0 Å². The van der Waals surface area contributed by atoms with Crippen LogP contribution in [0.15, 0.2) is 6.07 Å². The van der Waals surface area contributed by atoms with E-state index in [9.17, 15) is 0 Å². The molecule has 0 radical (unpaired) electrons. The number of hydrogen-bond acceptors (Lipinski definition) is 4. The van der Waals surface area contributed by atoms with E-state index in [0.29, 0.717) is 5.82 Å². The summed E-state index contributed by atoms with van der Waals surface area (Å²) >= 11 is 0. The van der Waals surface area contributed by atoms with Crippen LogP contribution in [0.5, 0.6) is 0 Å². The number of rotatable bonds is 3. The average Bonchev–Trinajstić information content (AvgIpc) is 2.38. The summed E-state index contributed by atoms with van der Waals surface area (Å²) in [6, 6.07) is 1.90. The maximum Gasteiger partial charge on any atom is 0.134 e. The Hall–Kier alpha value is -1.32. The lowest BCUT2D eigenvalue weighted by molar-refractivity contribution is 0.403. The number of nitrogens with two attached hydrogens (primary N) is 1. The lowest BCUT2D eigenvalue weighted by atomic mass is 9.96. The number of hydrogen-bond donors (Lipinski definition) is 1. The minimum absolute atomic E-state index is 0.588. The van der Waals surface area contributed by atoms with Crippen molar-refractivity contribution in [2.45, 2.75) is 39.5 Å². The second kappa shape index (κ2) is 5.34. The zero-order valence-electron chi connectivity index (χ0n) is 10.8. The summed E-state index contributed by atoms with van der Waals surface area (Å²) in [6.07, 6.45) is 4.68. The highest BCUT2D eigenvalue weighted by atomic mass is 15.2.